The van der Waals surface area contributed by atoms with Crippen LogP contribution in [0.5, 0.6) is 0 Å². The highest BCUT2D eigenvalue weighted by Crippen LogP contribution is 2.34. The predicted octanol–water partition coefficient (Wildman–Crippen LogP) is 1.64. The van der Waals surface area contributed by atoms with Crippen LogP contribution in [0.3, 0.4) is 0 Å². The molecule has 1 aliphatic rings. The molecule has 0 amide bonds. The quantitative estimate of drug-likeness (QED) is 0.344. The molecule has 6 N–H and O–H groups in total. The number of ether oxygens (including phenoxy) is 1. The molecule has 2 aromatic rings. The zero-order chi connectivity index (χ0) is 20.3. The molecule has 1 saturated heterocycles. The van der Waals surface area contributed by atoms with Gasteiger partial charge in [-0.15, -0.1) is 0 Å². The summed E-state index contributed by atoms with van der Waals surface area (Å²) in [7, 11) is 1.41. The molecule has 7 nitrogen and oxygen atoms in total. The molecule has 2 aromatic carbocycles. The van der Waals surface area contributed by atoms with Gasteiger partial charge >= 0.3 is 5.97 Å². The summed E-state index contributed by atoms with van der Waals surface area (Å²) in [6, 6.07) is 15.1. The molecular formula is C21H25N5O2. The third-order valence-electron chi connectivity index (χ3n) is 5.20. The SMILES string of the molecule is COC(=O)C1CN(Cc2ccc(C(=N)N)cc2)CC1c1cccc(C(=N)N)c1. The maximum atomic E-state index is 12.4. The Hall–Kier alpha value is -3.19. The molecule has 2 atom stereocenters. The van der Waals surface area contributed by atoms with Gasteiger partial charge in [0.25, 0.3) is 0 Å². The fourth-order valence-corrected chi connectivity index (χ4v) is 3.73. The number of methoxy groups -OCH3 is 1. The summed E-state index contributed by atoms with van der Waals surface area (Å²) in [6.07, 6.45) is 0. The number of esters is 1. The van der Waals surface area contributed by atoms with E-state index < -0.39 is 0 Å². The molecule has 0 spiro atoms. The van der Waals surface area contributed by atoms with E-state index in [0.29, 0.717) is 30.8 Å². The van der Waals surface area contributed by atoms with Crippen LogP contribution in [0.4, 0.5) is 0 Å². The molecule has 1 fully saturated rings. The van der Waals surface area contributed by atoms with Crippen LogP contribution < -0.4 is 11.5 Å². The first-order valence-electron chi connectivity index (χ1n) is 9.07. The van der Waals surface area contributed by atoms with Crippen LogP contribution >= 0.6 is 0 Å². The minimum absolute atomic E-state index is 0.0110. The largest absolute Gasteiger partial charge is 0.469 e. The lowest BCUT2D eigenvalue weighted by Gasteiger charge is -2.17. The van der Waals surface area contributed by atoms with Crippen molar-refractivity contribution >= 4 is 17.6 Å². The van der Waals surface area contributed by atoms with Crippen molar-refractivity contribution in [3.63, 3.8) is 0 Å². The van der Waals surface area contributed by atoms with Crippen molar-refractivity contribution in [3.8, 4) is 0 Å². The highest BCUT2D eigenvalue weighted by molar-refractivity contribution is 5.95. The van der Waals surface area contributed by atoms with Gasteiger partial charge in [0.15, 0.2) is 0 Å². The fraction of sp³-hybridized carbons (Fsp3) is 0.286. The van der Waals surface area contributed by atoms with Gasteiger partial charge in [0.1, 0.15) is 11.7 Å². The highest BCUT2D eigenvalue weighted by Gasteiger charge is 2.39. The van der Waals surface area contributed by atoms with E-state index in [0.717, 1.165) is 11.1 Å². The van der Waals surface area contributed by atoms with Crippen molar-refractivity contribution in [1.82, 2.24) is 4.90 Å². The molecule has 0 radical (unpaired) electrons. The van der Waals surface area contributed by atoms with E-state index in [9.17, 15) is 4.79 Å². The van der Waals surface area contributed by atoms with E-state index in [-0.39, 0.29) is 29.5 Å². The Labute approximate surface area is 164 Å². The lowest BCUT2D eigenvalue weighted by molar-refractivity contribution is -0.145. The summed E-state index contributed by atoms with van der Waals surface area (Å²) >= 11 is 0. The third kappa shape index (κ3) is 4.20. The van der Waals surface area contributed by atoms with E-state index in [1.807, 2.05) is 42.5 Å². The molecule has 1 aliphatic heterocycles. The highest BCUT2D eigenvalue weighted by atomic mass is 16.5. The first kappa shape index (κ1) is 19.6. The molecule has 7 heteroatoms. The Morgan fingerprint density at radius 3 is 2.36 bits per heavy atom. The lowest BCUT2D eigenvalue weighted by Crippen LogP contribution is -2.24. The van der Waals surface area contributed by atoms with Gasteiger partial charge in [0.05, 0.1) is 13.0 Å². The smallest absolute Gasteiger partial charge is 0.310 e. The van der Waals surface area contributed by atoms with Crippen molar-refractivity contribution in [2.24, 2.45) is 17.4 Å². The Morgan fingerprint density at radius 2 is 1.75 bits per heavy atom. The standard InChI is InChI=1S/C21H25N5O2/c1-28-21(27)18-12-26(10-13-5-7-14(8-6-13)19(22)23)11-17(18)15-3-2-4-16(9-15)20(24)25/h2-9,17-18H,10-12H2,1H3,(H3,22,23)(H3,24,25). The number of nitrogens with one attached hydrogen (secondary N) is 2. The number of hydrogen-bond donors (Lipinski definition) is 4. The zero-order valence-electron chi connectivity index (χ0n) is 15.8. The molecule has 146 valence electrons. The van der Waals surface area contributed by atoms with Crippen LogP contribution in [0.15, 0.2) is 48.5 Å². The van der Waals surface area contributed by atoms with Gasteiger partial charge in [-0.2, -0.15) is 0 Å². The molecule has 1 heterocycles. The normalized spacial score (nSPS) is 19.3. The zero-order valence-corrected chi connectivity index (χ0v) is 15.8. The van der Waals surface area contributed by atoms with Crippen molar-refractivity contribution in [1.29, 1.82) is 10.8 Å². The Kier molecular flexibility index (Phi) is 5.75. The van der Waals surface area contributed by atoms with Crippen molar-refractivity contribution in [2.75, 3.05) is 20.2 Å². The van der Waals surface area contributed by atoms with Crippen LogP contribution in [-0.2, 0) is 16.1 Å². The van der Waals surface area contributed by atoms with E-state index in [2.05, 4.69) is 4.90 Å². The number of hydrogen-bond acceptors (Lipinski definition) is 5. The van der Waals surface area contributed by atoms with Crippen LogP contribution in [0.1, 0.15) is 28.2 Å². The summed E-state index contributed by atoms with van der Waals surface area (Å²) < 4.78 is 5.03. The van der Waals surface area contributed by atoms with Crippen molar-refractivity contribution < 1.29 is 9.53 Å². The van der Waals surface area contributed by atoms with Crippen LogP contribution in [-0.4, -0.2) is 42.7 Å². The van der Waals surface area contributed by atoms with Crippen LogP contribution in [0, 0.1) is 16.7 Å². The summed E-state index contributed by atoms with van der Waals surface area (Å²) in [5.74, 6) is -0.472. The Bertz CT molecular complexity index is 894. The summed E-state index contributed by atoms with van der Waals surface area (Å²) in [5, 5.41) is 15.1. The molecule has 0 aromatic heterocycles. The summed E-state index contributed by atoms with van der Waals surface area (Å²) in [4.78, 5) is 14.6. The minimum Gasteiger partial charge on any atom is -0.469 e. The average molecular weight is 379 g/mol. The summed E-state index contributed by atoms with van der Waals surface area (Å²) in [5.41, 5.74) is 14.5. The third-order valence-corrected chi connectivity index (χ3v) is 5.20. The van der Waals surface area contributed by atoms with Crippen LogP contribution in [0.25, 0.3) is 0 Å². The predicted molar refractivity (Wildman–Crippen MR) is 108 cm³/mol. The van der Waals surface area contributed by atoms with E-state index in [1.165, 1.54) is 7.11 Å². The maximum Gasteiger partial charge on any atom is 0.310 e. The number of nitrogens with zero attached hydrogens (tertiary/aromatic N) is 1. The van der Waals surface area contributed by atoms with Crippen LogP contribution in [0.2, 0.25) is 0 Å². The molecule has 2 unspecified atom stereocenters. The second kappa shape index (κ2) is 8.22. The molecule has 0 bridgehead atoms. The molecular weight excluding hydrogens is 354 g/mol. The van der Waals surface area contributed by atoms with Gasteiger partial charge in [-0.3, -0.25) is 20.5 Å². The number of nitrogens with two attached hydrogens (primary N) is 2. The summed E-state index contributed by atoms with van der Waals surface area (Å²) in [6.45, 7) is 1.99. The van der Waals surface area contributed by atoms with Crippen molar-refractivity contribution in [2.45, 2.75) is 12.5 Å². The van der Waals surface area contributed by atoms with Gasteiger partial charge in [0.2, 0.25) is 0 Å². The Morgan fingerprint density at radius 1 is 1.07 bits per heavy atom. The molecule has 0 saturated carbocycles. The Balaban J connectivity index is 1.80. The minimum atomic E-state index is -0.274. The van der Waals surface area contributed by atoms with Gasteiger partial charge in [-0.05, 0) is 17.2 Å². The van der Waals surface area contributed by atoms with Gasteiger partial charge < -0.3 is 16.2 Å². The maximum absolute atomic E-state index is 12.4. The monoisotopic (exact) mass is 379 g/mol. The second-order valence-electron chi connectivity index (χ2n) is 7.08. The number of carbonyl (C=O) groups excluding carboxylic acids is 1. The lowest BCUT2D eigenvalue weighted by atomic mass is 9.88. The van der Waals surface area contributed by atoms with E-state index in [4.69, 9.17) is 27.0 Å². The first-order valence-corrected chi connectivity index (χ1v) is 9.07. The molecule has 3 rings (SSSR count). The van der Waals surface area contributed by atoms with Gasteiger partial charge in [-0.1, -0.05) is 42.5 Å². The van der Waals surface area contributed by atoms with E-state index in [1.54, 1.807) is 6.07 Å². The number of carbonyl (C=O) groups is 1. The molecule has 28 heavy (non-hydrogen) atoms. The average Bonchev–Trinajstić information content (AvgIpc) is 3.11. The number of rotatable bonds is 6. The van der Waals surface area contributed by atoms with Crippen molar-refractivity contribution in [3.05, 3.63) is 70.8 Å². The number of likely N-dealkylation sites (tertiary alicyclic amines) is 1. The molecule has 0 aliphatic carbocycles. The fourth-order valence-electron chi connectivity index (χ4n) is 3.73. The van der Waals surface area contributed by atoms with E-state index >= 15 is 0 Å². The first-order chi connectivity index (χ1) is 13.4. The second-order valence-corrected chi connectivity index (χ2v) is 7.08. The van der Waals surface area contributed by atoms with Gasteiger partial charge in [0, 0.05) is 36.7 Å². The topological polar surface area (TPSA) is 129 Å². The van der Waals surface area contributed by atoms with Gasteiger partial charge in [-0.25, -0.2) is 0 Å². The number of nitrogen functional groups attached to an aromatic ring is 2. The number of amidine groups is 2. The number of benzene rings is 2.